The van der Waals surface area contributed by atoms with Gasteiger partial charge in [0.15, 0.2) is 0 Å². The Labute approximate surface area is 123 Å². The van der Waals surface area contributed by atoms with Crippen molar-refractivity contribution < 1.29 is 0 Å². The van der Waals surface area contributed by atoms with E-state index in [0.717, 1.165) is 17.8 Å². The molecule has 0 aliphatic carbocycles. The minimum atomic E-state index is 0.247. The van der Waals surface area contributed by atoms with Gasteiger partial charge < -0.3 is 5.32 Å². The smallest absolute Gasteiger partial charge is 0.137 e. The molecule has 0 radical (unpaired) electrons. The zero-order chi connectivity index (χ0) is 13.8. The van der Waals surface area contributed by atoms with Gasteiger partial charge in [0.25, 0.3) is 0 Å². The molecule has 0 fully saturated rings. The maximum atomic E-state index is 6.13. The molecule has 0 saturated carbocycles. The number of hydrogen-bond acceptors (Lipinski definition) is 4. The molecule has 3 nitrogen and oxygen atoms in total. The number of hydrogen-bond donors (Lipinski definition) is 1. The van der Waals surface area contributed by atoms with Gasteiger partial charge in [0.05, 0.1) is 6.04 Å². The number of rotatable bonds is 5. The van der Waals surface area contributed by atoms with Crippen LogP contribution in [-0.2, 0) is 6.42 Å². The summed E-state index contributed by atoms with van der Waals surface area (Å²) in [7, 11) is 0. The van der Waals surface area contributed by atoms with Crippen molar-refractivity contribution in [3.63, 3.8) is 0 Å². The van der Waals surface area contributed by atoms with Crippen molar-refractivity contribution in [2.75, 3.05) is 5.32 Å². The Balaban J connectivity index is 2.30. The van der Waals surface area contributed by atoms with Gasteiger partial charge in [-0.3, -0.25) is 0 Å². The molecule has 1 atom stereocenters. The van der Waals surface area contributed by atoms with E-state index >= 15 is 0 Å². The fourth-order valence-corrected chi connectivity index (χ4v) is 3.23. The second-order valence-electron chi connectivity index (χ2n) is 4.73. The summed E-state index contributed by atoms with van der Waals surface area (Å²) in [4.78, 5) is 9.69. The number of nitrogens with one attached hydrogen (secondary N) is 1. The Morgan fingerprint density at radius 2 is 2.16 bits per heavy atom. The van der Waals surface area contributed by atoms with E-state index in [1.54, 1.807) is 11.3 Å². The minimum absolute atomic E-state index is 0.247. The van der Waals surface area contributed by atoms with Crippen molar-refractivity contribution in [1.82, 2.24) is 9.97 Å². The van der Waals surface area contributed by atoms with Crippen molar-refractivity contribution >= 4 is 28.8 Å². The van der Waals surface area contributed by atoms with Crippen molar-refractivity contribution in [3.8, 4) is 0 Å². The van der Waals surface area contributed by atoms with Gasteiger partial charge in [-0.05, 0) is 23.8 Å². The van der Waals surface area contributed by atoms with Crippen LogP contribution in [0.15, 0.2) is 23.8 Å². The van der Waals surface area contributed by atoms with Crippen LogP contribution >= 0.6 is 22.9 Å². The summed E-state index contributed by atoms with van der Waals surface area (Å²) in [6.07, 6.45) is 2.33. The Morgan fingerprint density at radius 3 is 2.74 bits per heavy atom. The molecule has 2 rings (SSSR count). The molecule has 19 heavy (non-hydrogen) atoms. The van der Waals surface area contributed by atoms with E-state index in [4.69, 9.17) is 11.6 Å². The Kier molecular flexibility index (Phi) is 4.77. The highest BCUT2D eigenvalue weighted by Gasteiger charge is 2.19. The zero-order valence-electron chi connectivity index (χ0n) is 11.4. The highest BCUT2D eigenvalue weighted by atomic mass is 35.5. The molecule has 0 aromatic carbocycles. The number of nitrogens with zero attached hydrogens (tertiary/aromatic N) is 2. The molecule has 0 aliphatic rings. The van der Waals surface area contributed by atoms with Crippen molar-refractivity contribution in [2.45, 2.75) is 33.2 Å². The lowest BCUT2D eigenvalue weighted by Gasteiger charge is -2.23. The average Bonchev–Trinajstić information content (AvgIpc) is 2.89. The summed E-state index contributed by atoms with van der Waals surface area (Å²) < 4.78 is 0. The SMILES string of the molecule is CCc1c(Cl)ncnc1NC(c1cccs1)C(C)C. The van der Waals surface area contributed by atoms with Crippen molar-refractivity contribution in [3.05, 3.63) is 39.4 Å². The van der Waals surface area contributed by atoms with E-state index in [1.807, 2.05) is 0 Å². The first kappa shape index (κ1) is 14.3. The predicted octanol–water partition coefficient (Wildman–Crippen LogP) is 4.56. The third-order valence-corrected chi connectivity index (χ3v) is 4.34. The third kappa shape index (κ3) is 3.25. The van der Waals surface area contributed by atoms with Crippen LogP contribution in [0, 0.1) is 5.92 Å². The van der Waals surface area contributed by atoms with Gasteiger partial charge in [-0.15, -0.1) is 11.3 Å². The highest BCUT2D eigenvalue weighted by molar-refractivity contribution is 7.10. The standard InChI is InChI=1S/C14H18ClN3S/c1-4-10-13(15)16-8-17-14(10)18-12(9(2)3)11-6-5-7-19-11/h5-9,12H,4H2,1-3H3,(H,16,17,18). The first-order chi connectivity index (χ1) is 9.13. The van der Waals surface area contributed by atoms with E-state index in [-0.39, 0.29) is 6.04 Å². The highest BCUT2D eigenvalue weighted by Crippen LogP contribution is 2.31. The lowest BCUT2D eigenvalue weighted by molar-refractivity contribution is 0.551. The molecule has 0 saturated heterocycles. The summed E-state index contributed by atoms with van der Waals surface area (Å²) in [5.41, 5.74) is 0.978. The Morgan fingerprint density at radius 1 is 1.37 bits per heavy atom. The quantitative estimate of drug-likeness (QED) is 0.822. The number of halogens is 1. The molecule has 5 heteroatoms. The van der Waals surface area contributed by atoms with E-state index in [0.29, 0.717) is 11.1 Å². The first-order valence-corrected chi connectivity index (χ1v) is 7.68. The summed E-state index contributed by atoms with van der Waals surface area (Å²) in [6.45, 7) is 6.46. The summed E-state index contributed by atoms with van der Waals surface area (Å²) >= 11 is 7.89. The van der Waals surface area contributed by atoms with Crippen LogP contribution < -0.4 is 5.32 Å². The van der Waals surface area contributed by atoms with Crippen LogP contribution in [0.3, 0.4) is 0 Å². The first-order valence-electron chi connectivity index (χ1n) is 6.42. The van der Waals surface area contributed by atoms with Gasteiger partial charge in [-0.25, -0.2) is 9.97 Å². The summed E-state index contributed by atoms with van der Waals surface area (Å²) in [5.74, 6) is 1.31. The maximum Gasteiger partial charge on any atom is 0.137 e. The molecule has 0 amide bonds. The molecule has 2 heterocycles. The third-order valence-electron chi connectivity index (χ3n) is 3.05. The molecule has 102 valence electrons. The summed E-state index contributed by atoms with van der Waals surface area (Å²) in [5, 5.41) is 6.15. The average molecular weight is 296 g/mol. The van der Waals surface area contributed by atoms with Gasteiger partial charge in [0.2, 0.25) is 0 Å². The van der Waals surface area contributed by atoms with Crippen LogP contribution in [0.4, 0.5) is 5.82 Å². The molecule has 2 aromatic rings. The molecular weight excluding hydrogens is 278 g/mol. The van der Waals surface area contributed by atoms with Crippen molar-refractivity contribution in [2.24, 2.45) is 5.92 Å². The van der Waals surface area contributed by atoms with E-state index < -0.39 is 0 Å². The van der Waals surface area contributed by atoms with Crippen LogP contribution in [0.25, 0.3) is 0 Å². The topological polar surface area (TPSA) is 37.8 Å². The van der Waals surface area contributed by atoms with Gasteiger partial charge in [0.1, 0.15) is 17.3 Å². The summed E-state index contributed by atoms with van der Waals surface area (Å²) in [6, 6.07) is 4.47. The van der Waals surface area contributed by atoms with Crippen LogP contribution in [0.1, 0.15) is 37.3 Å². The fourth-order valence-electron chi connectivity index (χ4n) is 2.01. The fraction of sp³-hybridized carbons (Fsp3) is 0.429. The van der Waals surface area contributed by atoms with E-state index in [9.17, 15) is 0 Å². The molecule has 1 N–H and O–H groups in total. The van der Waals surface area contributed by atoms with Gasteiger partial charge in [-0.2, -0.15) is 0 Å². The van der Waals surface area contributed by atoms with Gasteiger partial charge in [0, 0.05) is 10.4 Å². The van der Waals surface area contributed by atoms with Gasteiger partial charge >= 0.3 is 0 Å². The molecule has 0 aliphatic heterocycles. The Hall–Kier alpha value is -1.13. The lowest BCUT2D eigenvalue weighted by atomic mass is 10.0. The normalized spacial score (nSPS) is 12.7. The van der Waals surface area contributed by atoms with E-state index in [2.05, 4.69) is 53.6 Å². The predicted molar refractivity (Wildman–Crippen MR) is 81.9 cm³/mol. The molecule has 1 unspecified atom stereocenters. The lowest BCUT2D eigenvalue weighted by Crippen LogP contribution is -2.17. The Bertz CT molecular complexity index is 525. The second-order valence-corrected chi connectivity index (χ2v) is 6.06. The second kappa shape index (κ2) is 6.35. The molecule has 0 bridgehead atoms. The zero-order valence-corrected chi connectivity index (χ0v) is 12.9. The number of thiophene rings is 1. The molecule has 0 spiro atoms. The van der Waals surface area contributed by atoms with E-state index in [1.165, 1.54) is 11.2 Å². The maximum absolute atomic E-state index is 6.13. The van der Waals surface area contributed by atoms with Crippen molar-refractivity contribution in [1.29, 1.82) is 0 Å². The van der Waals surface area contributed by atoms with Gasteiger partial charge in [-0.1, -0.05) is 38.4 Å². The monoisotopic (exact) mass is 295 g/mol. The van der Waals surface area contributed by atoms with Crippen LogP contribution in [0.2, 0.25) is 5.15 Å². The minimum Gasteiger partial charge on any atom is -0.362 e. The van der Waals surface area contributed by atoms with Crippen LogP contribution in [-0.4, -0.2) is 9.97 Å². The molecular formula is C14H18ClN3S. The number of anilines is 1. The largest absolute Gasteiger partial charge is 0.362 e. The van der Waals surface area contributed by atoms with Crippen LogP contribution in [0.5, 0.6) is 0 Å². The number of aromatic nitrogens is 2. The molecule has 2 aromatic heterocycles.